The first kappa shape index (κ1) is 21.6. The van der Waals surface area contributed by atoms with Gasteiger partial charge in [0.1, 0.15) is 5.69 Å². The number of unbranched alkanes of at least 4 members (excludes halogenated alkanes) is 3. The summed E-state index contributed by atoms with van der Waals surface area (Å²) in [5, 5.41) is 4.31. The van der Waals surface area contributed by atoms with E-state index in [2.05, 4.69) is 85.7 Å². The van der Waals surface area contributed by atoms with Crippen molar-refractivity contribution in [2.24, 2.45) is 0 Å². The Hall–Kier alpha value is -2.65. The standard InChI is InChI=1S/C28H31NOS/c1-3-5-7-8-21-10-12-22(13-11-21)23-14-16-24(17-15-23)27-20-26(29-30-27)28-19-18-25(31-28)9-6-4-2/h10-20H,3-9H2,1-2H3. The minimum absolute atomic E-state index is 0.816. The van der Waals surface area contributed by atoms with Gasteiger partial charge >= 0.3 is 0 Å². The number of thiophene rings is 1. The smallest absolute Gasteiger partial charge is 0.167 e. The van der Waals surface area contributed by atoms with E-state index in [4.69, 9.17) is 4.52 Å². The molecule has 4 aromatic rings. The molecule has 0 atom stereocenters. The van der Waals surface area contributed by atoms with Crippen molar-refractivity contribution in [3.63, 3.8) is 0 Å². The van der Waals surface area contributed by atoms with Gasteiger partial charge < -0.3 is 4.52 Å². The van der Waals surface area contributed by atoms with Crippen LogP contribution in [-0.2, 0) is 12.8 Å². The summed E-state index contributed by atoms with van der Waals surface area (Å²) >= 11 is 1.82. The van der Waals surface area contributed by atoms with Gasteiger partial charge in [0.25, 0.3) is 0 Å². The van der Waals surface area contributed by atoms with E-state index < -0.39 is 0 Å². The van der Waals surface area contributed by atoms with Crippen molar-refractivity contribution < 1.29 is 4.52 Å². The predicted octanol–water partition coefficient (Wildman–Crippen LogP) is 8.81. The average Bonchev–Trinajstić information content (AvgIpc) is 3.48. The van der Waals surface area contributed by atoms with Crippen LogP contribution in [0.4, 0.5) is 0 Å². The molecule has 2 aromatic heterocycles. The summed E-state index contributed by atoms with van der Waals surface area (Å²) in [7, 11) is 0. The molecule has 31 heavy (non-hydrogen) atoms. The van der Waals surface area contributed by atoms with Crippen molar-refractivity contribution in [3.05, 3.63) is 77.2 Å². The highest BCUT2D eigenvalue weighted by molar-refractivity contribution is 7.15. The monoisotopic (exact) mass is 429 g/mol. The lowest BCUT2D eigenvalue weighted by atomic mass is 10.00. The Morgan fingerprint density at radius 1 is 0.710 bits per heavy atom. The molecular formula is C28H31NOS. The molecule has 0 radical (unpaired) electrons. The van der Waals surface area contributed by atoms with Gasteiger partial charge in [-0.15, -0.1) is 11.3 Å². The van der Waals surface area contributed by atoms with Crippen LogP contribution < -0.4 is 0 Å². The number of rotatable bonds is 10. The second-order valence-corrected chi connectivity index (χ2v) is 9.35. The zero-order valence-electron chi connectivity index (χ0n) is 18.6. The van der Waals surface area contributed by atoms with Crippen LogP contribution in [0.15, 0.2) is 71.3 Å². The van der Waals surface area contributed by atoms with Gasteiger partial charge in [0.15, 0.2) is 5.76 Å². The lowest BCUT2D eigenvalue weighted by Gasteiger charge is -2.05. The molecule has 0 aliphatic heterocycles. The van der Waals surface area contributed by atoms with Gasteiger partial charge in [-0.1, -0.05) is 86.8 Å². The third kappa shape index (κ3) is 5.54. The molecule has 0 aliphatic carbocycles. The van der Waals surface area contributed by atoms with Gasteiger partial charge in [0, 0.05) is 16.5 Å². The highest BCUT2D eigenvalue weighted by Gasteiger charge is 2.11. The number of aryl methyl sites for hydroxylation is 2. The molecular weight excluding hydrogens is 398 g/mol. The summed E-state index contributed by atoms with van der Waals surface area (Å²) in [6, 6.07) is 24.0. The summed E-state index contributed by atoms with van der Waals surface area (Å²) < 4.78 is 5.66. The minimum Gasteiger partial charge on any atom is -0.356 e. The number of benzene rings is 2. The van der Waals surface area contributed by atoms with Crippen LogP contribution in [0.25, 0.3) is 33.0 Å². The maximum atomic E-state index is 5.66. The van der Waals surface area contributed by atoms with E-state index in [-0.39, 0.29) is 0 Å². The zero-order chi connectivity index (χ0) is 21.5. The Morgan fingerprint density at radius 3 is 2.10 bits per heavy atom. The van der Waals surface area contributed by atoms with Crippen molar-refractivity contribution in [2.75, 3.05) is 0 Å². The quantitative estimate of drug-likeness (QED) is 0.235. The van der Waals surface area contributed by atoms with Gasteiger partial charge in [0.05, 0.1) is 4.88 Å². The molecule has 0 spiro atoms. The fourth-order valence-electron chi connectivity index (χ4n) is 3.80. The molecule has 3 heteroatoms. The number of nitrogens with zero attached hydrogens (tertiary/aromatic N) is 1. The van der Waals surface area contributed by atoms with Gasteiger partial charge in [-0.25, -0.2) is 0 Å². The molecule has 2 nitrogen and oxygen atoms in total. The first-order chi connectivity index (χ1) is 15.3. The van der Waals surface area contributed by atoms with E-state index in [1.807, 2.05) is 11.3 Å². The molecule has 160 valence electrons. The average molecular weight is 430 g/mol. The Labute approximate surface area is 189 Å². The summed E-state index contributed by atoms with van der Waals surface area (Å²) in [5.74, 6) is 0.816. The van der Waals surface area contributed by atoms with Crippen LogP contribution in [0.2, 0.25) is 0 Å². The Morgan fingerprint density at radius 2 is 1.39 bits per heavy atom. The summed E-state index contributed by atoms with van der Waals surface area (Å²) in [6.07, 6.45) is 8.62. The van der Waals surface area contributed by atoms with Crippen LogP contribution in [0, 0.1) is 0 Å². The fraction of sp³-hybridized carbons (Fsp3) is 0.321. The molecule has 4 rings (SSSR count). The maximum Gasteiger partial charge on any atom is 0.167 e. The number of hydrogen-bond donors (Lipinski definition) is 0. The topological polar surface area (TPSA) is 26.0 Å². The highest BCUT2D eigenvalue weighted by atomic mass is 32.1. The second-order valence-electron chi connectivity index (χ2n) is 8.18. The van der Waals surface area contributed by atoms with Crippen LogP contribution >= 0.6 is 11.3 Å². The van der Waals surface area contributed by atoms with Gasteiger partial charge in [-0.3, -0.25) is 0 Å². The van der Waals surface area contributed by atoms with Crippen LogP contribution in [0.1, 0.15) is 56.4 Å². The molecule has 0 saturated heterocycles. The van der Waals surface area contributed by atoms with Crippen molar-refractivity contribution in [3.8, 4) is 33.0 Å². The lowest BCUT2D eigenvalue weighted by molar-refractivity contribution is 0.435. The SMILES string of the molecule is CCCCCc1ccc(-c2ccc(-c3cc(-c4ccc(CCCC)s4)no3)cc2)cc1. The molecule has 0 N–H and O–H groups in total. The molecule has 0 aliphatic rings. The van der Waals surface area contributed by atoms with E-state index >= 15 is 0 Å². The van der Waals surface area contributed by atoms with E-state index in [1.165, 1.54) is 65.0 Å². The van der Waals surface area contributed by atoms with Crippen molar-refractivity contribution in [1.29, 1.82) is 0 Å². The molecule has 0 fully saturated rings. The maximum absolute atomic E-state index is 5.66. The highest BCUT2D eigenvalue weighted by Crippen LogP contribution is 2.32. The first-order valence-corrected chi connectivity index (χ1v) is 12.3. The van der Waals surface area contributed by atoms with Gasteiger partial charge in [-0.05, 0) is 54.5 Å². The van der Waals surface area contributed by atoms with E-state index in [0.717, 1.165) is 23.4 Å². The minimum atomic E-state index is 0.816. The lowest BCUT2D eigenvalue weighted by Crippen LogP contribution is -1.86. The normalized spacial score (nSPS) is 11.2. The second kappa shape index (κ2) is 10.6. The molecule has 0 saturated carbocycles. The zero-order valence-corrected chi connectivity index (χ0v) is 19.4. The summed E-state index contributed by atoms with van der Waals surface area (Å²) in [6.45, 7) is 4.48. The summed E-state index contributed by atoms with van der Waals surface area (Å²) in [5.41, 5.74) is 5.88. The van der Waals surface area contributed by atoms with Gasteiger partial charge in [-0.2, -0.15) is 0 Å². The number of hydrogen-bond acceptors (Lipinski definition) is 3. The Kier molecular flexibility index (Phi) is 7.37. The Bertz CT molecular complexity index is 1070. The van der Waals surface area contributed by atoms with Crippen molar-refractivity contribution >= 4 is 11.3 Å². The van der Waals surface area contributed by atoms with E-state index in [1.54, 1.807) is 0 Å². The van der Waals surface area contributed by atoms with E-state index in [9.17, 15) is 0 Å². The third-order valence-corrected chi connectivity index (χ3v) is 6.89. The largest absolute Gasteiger partial charge is 0.356 e. The predicted molar refractivity (Wildman–Crippen MR) is 133 cm³/mol. The third-order valence-electron chi connectivity index (χ3n) is 5.73. The van der Waals surface area contributed by atoms with Crippen LogP contribution in [0.5, 0.6) is 0 Å². The fourth-order valence-corrected chi connectivity index (χ4v) is 4.80. The molecule has 0 unspecified atom stereocenters. The van der Waals surface area contributed by atoms with E-state index in [0.29, 0.717) is 0 Å². The van der Waals surface area contributed by atoms with Crippen molar-refractivity contribution in [1.82, 2.24) is 5.16 Å². The number of aromatic nitrogens is 1. The Balaban J connectivity index is 1.43. The van der Waals surface area contributed by atoms with Crippen LogP contribution in [-0.4, -0.2) is 5.16 Å². The molecule has 0 amide bonds. The van der Waals surface area contributed by atoms with Gasteiger partial charge in [0.2, 0.25) is 0 Å². The molecule has 2 aromatic carbocycles. The molecule has 2 heterocycles. The molecule has 0 bridgehead atoms. The van der Waals surface area contributed by atoms with Crippen molar-refractivity contribution in [2.45, 2.75) is 58.8 Å². The van der Waals surface area contributed by atoms with Crippen LogP contribution in [0.3, 0.4) is 0 Å². The first-order valence-electron chi connectivity index (χ1n) is 11.5. The summed E-state index contributed by atoms with van der Waals surface area (Å²) in [4.78, 5) is 2.60.